The van der Waals surface area contributed by atoms with Crippen LogP contribution in [0.2, 0.25) is 0 Å². The summed E-state index contributed by atoms with van der Waals surface area (Å²) < 4.78 is 0. The molecule has 0 amide bonds. The molecule has 0 atom stereocenters. The van der Waals surface area contributed by atoms with E-state index in [1.165, 1.54) is 61.6 Å². The molecule has 3 rings (SSSR count). The second-order valence-electron chi connectivity index (χ2n) is 6.04. The number of isocyanates is 3. The molecule has 6 heteroatoms. The third-order valence-corrected chi connectivity index (χ3v) is 3.87. The number of hydrogen-bond acceptors (Lipinski definition) is 6. The van der Waals surface area contributed by atoms with Gasteiger partial charge in [0.25, 0.3) is 0 Å². The fourth-order valence-electron chi connectivity index (χ4n) is 2.53. The largest absolute Gasteiger partial charge is 0.234 e. The SMILES string of the molecule is CN=C=O.CN=C=O.CN=C=O.c1ccc(Cc2ccccc2Cc2ccccc2)cc1. The maximum atomic E-state index is 8.88. The standard InChI is InChI=1S/C20H18.3C2H3NO/c1-3-9-17(10-4-1)15-19-13-7-8-14-20(19)16-18-11-5-2-6-12-18;3*1-3-2-4/h1-14H,15-16H2;3*1H3. The Bertz CT molecular complexity index is 920. The molecule has 0 radical (unpaired) electrons. The summed E-state index contributed by atoms with van der Waals surface area (Å²) >= 11 is 0. The summed E-state index contributed by atoms with van der Waals surface area (Å²) in [6.45, 7) is 0. The zero-order valence-corrected chi connectivity index (χ0v) is 18.6. The first-order valence-corrected chi connectivity index (χ1v) is 9.69. The third kappa shape index (κ3) is 13.9. The molecule has 0 N–H and O–H groups in total. The molecule has 32 heavy (non-hydrogen) atoms. The minimum atomic E-state index is 1.00. The molecular formula is C26H27N3O3. The van der Waals surface area contributed by atoms with E-state index in [1.807, 2.05) is 0 Å². The van der Waals surface area contributed by atoms with Gasteiger partial charge >= 0.3 is 0 Å². The van der Waals surface area contributed by atoms with Gasteiger partial charge in [0.05, 0.1) is 0 Å². The predicted molar refractivity (Wildman–Crippen MR) is 127 cm³/mol. The smallest absolute Gasteiger partial charge is 0.211 e. The average Bonchev–Trinajstić information content (AvgIpc) is 2.87. The molecule has 0 spiro atoms. The molecular weight excluding hydrogens is 402 g/mol. The molecule has 6 nitrogen and oxygen atoms in total. The van der Waals surface area contributed by atoms with Crippen LogP contribution in [0.15, 0.2) is 99.9 Å². The van der Waals surface area contributed by atoms with Crippen molar-refractivity contribution in [1.29, 1.82) is 0 Å². The lowest BCUT2D eigenvalue weighted by molar-refractivity contribution is 0.564. The van der Waals surface area contributed by atoms with E-state index >= 15 is 0 Å². The highest BCUT2D eigenvalue weighted by Gasteiger charge is 2.03. The predicted octanol–water partition coefficient (Wildman–Crippen LogP) is 4.72. The van der Waals surface area contributed by atoms with Gasteiger partial charge < -0.3 is 0 Å². The van der Waals surface area contributed by atoms with E-state index in [2.05, 4.69) is 99.9 Å². The van der Waals surface area contributed by atoms with Crippen molar-refractivity contribution in [2.45, 2.75) is 12.8 Å². The Labute approximate surface area is 189 Å². The summed E-state index contributed by atoms with van der Waals surface area (Å²) in [6, 6.07) is 30.1. The van der Waals surface area contributed by atoms with E-state index < -0.39 is 0 Å². The van der Waals surface area contributed by atoms with Crippen LogP contribution in [0, 0.1) is 0 Å². The lowest BCUT2D eigenvalue weighted by Crippen LogP contribution is -1.96. The number of rotatable bonds is 4. The zero-order chi connectivity index (χ0) is 23.9. The molecule has 0 aromatic heterocycles. The Balaban J connectivity index is 0.000000668. The van der Waals surface area contributed by atoms with Crippen LogP contribution in [-0.4, -0.2) is 39.4 Å². The second kappa shape index (κ2) is 20.1. The monoisotopic (exact) mass is 429 g/mol. The highest BCUT2D eigenvalue weighted by atomic mass is 16.1. The zero-order valence-electron chi connectivity index (χ0n) is 18.6. The van der Waals surface area contributed by atoms with E-state index in [9.17, 15) is 0 Å². The number of hydrogen-bond donors (Lipinski definition) is 0. The fraction of sp³-hybridized carbons (Fsp3) is 0.192. The molecule has 3 aromatic carbocycles. The van der Waals surface area contributed by atoms with Gasteiger partial charge in [-0.2, -0.15) is 0 Å². The highest BCUT2D eigenvalue weighted by Crippen LogP contribution is 2.17. The quantitative estimate of drug-likeness (QED) is 0.444. The Morgan fingerprint density at radius 2 is 0.750 bits per heavy atom. The van der Waals surface area contributed by atoms with E-state index in [0.717, 1.165) is 12.8 Å². The molecule has 0 bridgehead atoms. The normalized spacial score (nSPS) is 8.09. The average molecular weight is 430 g/mol. The van der Waals surface area contributed by atoms with E-state index in [1.54, 1.807) is 0 Å². The van der Waals surface area contributed by atoms with Gasteiger partial charge in [-0.3, -0.25) is 0 Å². The Morgan fingerprint density at radius 3 is 1.00 bits per heavy atom. The number of aliphatic imine (C=N–C) groups is 3. The highest BCUT2D eigenvalue weighted by molar-refractivity contribution is 5.36. The van der Waals surface area contributed by atoms with Crippen LogP contribution >= 0.6 is 0 Å². The van der Waals surface area contributed by atoms with Crippen molar-refractivity contribution in [1.82, 2.24) is 0 Å². The molecule has 0 heterocycles. The van der Waals surface area contributed by atoms with Crippen LogP contribution < -0.4 is 0 Å². The molecule has 0 fully saturated rings. The molecule has 0 unspecified atom stereocenters. The Hall–Kier alpha value is -4.20. The summed E-state index contributed by atoms with van der Waals surface area (Å²) in [7, 11) is 4.15. The van der Waals surface area contributed by atoms with Crippen molar-refractivity contribution in [3.05, 3.63) is 107 Å². The summed E-state index contributed by atoms with van der Waals surface area (Å²) in [5.74, 6) is 0. The lowest BCUT2D eigenvalue weighted by Gasteiger charge is -2.10. The summed E-state index contributed by atoms with van der Waals surface area (Å²) in [5, 5.41) is 0. The lowest BCUT2D eigenvalue weighted by atomic mass is 9.95. The number of benzene rings is 3. The molecule has 0 aliphatic rings. The minimum Gasteiger partial charge on any atom is -0.211 e. The van der Waals surface area contributed by atoms with Gasteiger partial charge in [-0.05, 0) is 35.1 Å². The van der Waals surface area contributed by atoms with Crippen LogP contribution in [0.1, 0.15) is 22.3 Å². The molecule has 3 aromatic rings. The first kappa shape index (κ1) is 27.8. The first-order valence-electron chi connectivity index (χ1n) is 9.69. The molecule has 164 valence electrons. The van der Waals surface area contributed by atoms with Crippen LogP contribution in [0.5, 0.6) is 0 Å². The van der Waals surface area contributed by atoms with Crippen LogP contribution in [0.4, 0.5) is 0 Å². The van der Waals surface area contributed by atoms with E-state index in [4.69, 9.17) is 14.4 Å². The van der Waals surface area contributed by atoms with Crippen LogP contribution in [-0.2, 0) is 27.2 Å². The number of carbonyl (C=O) groups excluding carboxylic acids is 3. The molecule has 0 saturated heterocycles. The summed E-state index contributed by atoms with van der Waals surface area (Å²) in [4.78, 5) is 35.4. The maximum Gasteiger partial charge on any atom is 0.234 e. The Morgan fingerprint density at radius 1 is 0.500 bits per heavy atom. The minimum absolute atomic E-state index is 1.00. The second-order valence-corrected chi connectivity index (χ2v) is 6.04. The van der Waals surface area contributed by atoms with E-state index in [-0.39, 0.29) is 0 Å². The van der Waals surface area contributed by atoms with E-state index in [0.29, 0.717) is 0 Å². The van der Waals surface area contributed by atoms with Crippen molar-refractivity contribution in [2.24, 2.45) is 15.0 Å². The molecule has 0 saturated carbocycles. The van der Waals surface area contributed by atoms with Gasteiger partial charge in [-0.25, -0.2) is 29.4 Å². The summed E-state index contributed by atoms with van der Waals surface area (Å²) in [6.07, 6.45) is 5.92. The van der Waals surface area contributed by atoms with Gasteiger partial charge in [0.15, 0.2) is 0 Å². The van der Waals surface area contributed by atoms with Gasteiger partial charge in [0.2, 0.25) is 18.2 Å². The van der Waals surface area contributed by atoms with Gasteiger partial charge in [0, 0.05) is 21.1 Å². The van der Waals surface area contributed by atoms with Crippen molar-refractivity contribution in [2.75, 3.05) is 21.1 Å². The van der Waals surface area contributed by atoms with Crippen LogP contribution in [0.3, 0.4) is 0 Å². The van der Waals surface area contributed by atoms with Crippen molar-refractivity contribution >= 4 is 18.2 Å². The third-order valence-electron chi connectivity index (χ3n) is 3.87. The molecule has 0 aliphatic carbocycles. The topological polar surface area (TPSA) is 88.3 Å². The van der Waals surface area contributed by atoms with Crippen molar-refractivity contribution < 1.29 is 14.4 Å². The molecule has 0 aliphatic heterocycles. The number of nitrogens with zero attached hydrogens (tertiary/aromatic N) is 3. The van der Waals surface area contributed by atoms with Gasteiger partial charge in [0.1, 0.15) is 0 Å². The van der Waals surface area contributed by atoms with Crippen LogP contribution in [0.25, 0.3) is 0 Å². The van der Waals surface area contributed by atoms with Crippen molar-refractivity contribution in [3.63, 3.8) is 0 Å². The van der Waals surface area contributed by atoms with Crippen molar-refractivity contribution in [3.8, 4) is 0 Å². The Kier molecular flexibility index (Phi) is 17.5. The first-order chi connectivity index (χ1) is 15.7. The maximum absolute atomic E-state index is 8.88. The summed E-state index contributed by atoms with van der Waals surface area (Å²) in [5.41, 5.74) is 5.58. The van der Waals surface area contributed by atoms with Gasteiger partial charge in [-0.1, -0.05) is 84.9 Å². The fourth-order valence-corrected chi connectivity index (χ4v) is 2.53. The van der Waals surface area contributed by atoms with Gasteiger partial charge in [-0.15, -0.1) is 0 Å².